The van der Waals surface area contributed by atoms with Crippen molar-refractivity contribution in [2.75, 3.05) is 11.9 Å². The van der Waals surface area contributed by atoms with Crippen LogP contribution in [0.3, 0.4) is 0 Å². The molecule has 1 saturated carbocycles. The van der Waals surface area contributed by atoms with Crippen LogP contribution in [0.4, 0.5) is 5.69 Å². The average Bonchev–Trinajstić information content (AvgIpc) is 2.41. The second-order valence-electron chi connectivity index (χ2n) is 4.93. The zero-order chi connectivity index (χ0) is 13.7. The molecule has 102 valence electrons. The Hall–Kier alpha value is -1.77. The number of anilines is 1. The highest BCUT2D eigenvalue weighted by Crippen LogP contribution is 2.25. The normalized spacial score (nSPS) is 21.5. The summed E-state index contributed by atoms with van der Waals surface area (Å²) in [4.78, 5) is 12.0. The number of hydrogen-bond acceptors (Lipinski definition) is 3. The van der Waals surface area contributed by atoms with E-state index >= 15 is 0 Å². The Morgan fingerprint density at radius 3 is 3.11 bits per heavy atom. The molecule has 0 bridgehead atoms. The van der Waals surface area contributed by atoms with Crippen molar-refractivity contribution in [3.63, 3.8) is 0 Å². The highest BCUT2D eigenvalue weighted by molar-refractivity contribution is 5.97. The lowest BCUT2D eigenvalue weighted by molar-refractivity contribution is -0.119. The molecule has 3 heteroatoms. The third kappa shape index (κ3) is 3.60. The molecule has 19 heavy (non-hydrogen) atoms. The van der Waals surface area contributed by atoms with Gasteiger partial charge >= 0.3 is 0 Å². The quantitative estimate of drug-likeness (QED) is 0.836. The molecule has 1 aromatic rings. The number of allylic oxidation sites excluding steroid dienone is 1. The second-order valence-corrected chi connectivity index (χ2v) is 4.93. The van der Waals surface area contributed by atoms with Crippen LogP contribution in [-0.2, 0) is 4.79 Å². The van der Waals surface area contributed by atoms with E-state index in [2.05, 4.69) is 5.32 Å². The van der Waals surface area contributed by atoms with Crippen molar-refractivity contribution in [3.05, 3.63) is 36.0 Å². The predicted octanol–water partition coefficient (Wildman–Crippen LogP) is 3.77. The lowest BCUT2D eigenvalue weighted by atomic mass is 9.86. The van der Waals surface area contributed by atoms with E-state index < -0.39 is 0 Å². The second kappa shape index (κ2) is 6.41. The minimum atomic E-state index is 0.163. The average molecular weight is 259 g/mol. The van der Waals surface area contributed by atoms with Crippen LogP contribution in [0.2, 0.25) is 0 Å². The molecule has 1 fully saturated rings. The summed E-state index contributed by atoms with van der Waals surface area (Å²) in [5.41, 5.74) is 1.85. The molecular weight excluding hydrogens is 238 g/mol. The van der Waals surface area contributed by atoms with Gasteiger partial charge in [0.25, 0.3) is 0 Å². The van der Waals surface area contributed by atoms with Gasteiger partial charge in [0.1, 0.15) is 5.75 Å². The van der Waals surface area contributed by atoms with E-state index in [0.29, 0.717) is 6.61 Å². The number of Topliss-reactive ketones (excluding diaryl/α,β-unsaturated/α-hetero) is 1. The maximum absolute atomic E-state index is 12.0. The third-order valence-corrected chi connectivity index (χ3v) is 3.41. The number of nitrogens with one attached hydrogen (secondary N) is 1. The zero-order valence-corrected chi connectivity index (χ0v) is 11.6. The summed E-state index contributed by atoms with van der Waals surface area (Å²) in [5.74, 6) is 1.28. The van der Waals surface area contributed by atoms with Crippen LogP contribution in [0, 0.1) is 5.92 Å². The molecule has 0 heterocycles. The molecule has 1 aliphatic carbocycles. The van der Waals surface area contributed by atoms with E-state index in [1.807, 2.05) is 44.3 Å². The molecule has 0 aliphatic heterocycles. The first-order chi connectivity index (χ1) is 9.20. The molecular formula is C16H21NO2. The lowest BCUT2D eigenvalue weighted by Gasteiger charge is -2.19. The summed E-state index contributed by atoms with van der Waals surface area (Å²) in [5, 5.41) is 3.20. The minimum absolute atomic E-state index is 0.163. The Morgan fingerprint density at radius 1 is 1.47 bits per heavy atom. The summed E-state index contributed by atoms with van der Waals surface area (Å²) in [6, 6.07) is 7.78. The first kappa shape index (κ1) is 13.7. The first-order valence-electron chi connectivity index (χ1n) is 6.93. The number of hydrogen-bond donors (Lipinski definition) is 1. The fourth-order valence-corrected chi connectivity index (χ4v) is 2.33. The lowest BCUT2D eigenvalue weighted by Crippen LogP contribution is -2.19. The van der Waals surface area contributed by atoms with Gasteiger partial charge in [0.2, 0.25) is 0 Å². The summed E-state index contributed by atoms with van der Waals surface area (Å²) >= 11 is 0. The van der Waals surface area contributed by atoms with Crippen LogP contribution < -0.4 is 10.1 Å². The van der Waals surface area contributed by atoms with Crippen LogP contribution >= 0.6 is 0 Å². The van der Waals surface area contributed by atoms with Crippen LogP contribution in [0.25, 0.3) is 0 Å². The molecule has 1 atom stereocenters. The molecule has 0 saturated heterocycles. The van der Waals surface area contributed by atoms with Gasteiger partial charge in [-0.2, -0.15) is 0 Å². The monoisotopic (exact) mass is 259 g/mol. The number of ketones is 1. The van der Waals surface area contributed by atoms with Gasteiger partial charge < -0.3 is 10.1 Å². The molecule has 0 unspecified atom stereocenters. The molecule has 0 spiro atoms. The molecule has 1 aromatic carbocycles. The SMILES string of the molecule is CCOc1cccc(N/C=C2\CCC[C@H](C)C2=O)c1. The van der Waals surface area contributed by atoms with E-state index in [1.54, 1.807) is 0 Å². The zero-order valence-electron chi connectivity index (χ0n) is 11.6. The topological polar surface area (TPSA) is 38.3 Å². The summed E-state index contributed by atoms with van der Waals surface area (Å²) in [6.07, 6.45) is 4.83. The van der Waals surface area contributed by atoms with E-state index in [0.717, 1.165) is 36.3 Å². The molecule has 0 aromatic heterocycles. The van der Waals surface area contributed by atoms with Gasteiger partial charge in [-0.05, 0) is 38.3 Å². The number of benzene rings is 1. The van der Waals surface area contributed by atoms with Crippen molar-refractivity contribution in [1.29, 1.82) is 0 Å². The third-order valence-electron chi connectivity index (χ3n) is 3.41. The number of ether oxygens (including phenoxy) is 1. The van der Waals surface area contributed by atoms with E-state index in [-0.39, 0.29) is 11.7 Å². The van der Waals surface area contributed by atoms with E-state index in [4.69, 9.17) is 4.74 Å². The fraction of sp³-hybridized carbons (Fsp3) is 0.438. The van der Waals surface area contributed by atoms with Crippen molar-refractivity contribution >= 4 is 11.5 Å². The van der Waals surface area contributed by atoms with Gasteiger partial charge in [0, 0.05) is 29.4 Å². The van der Waals surface area contributed by atoms with E-state index in [9.17, 15) is 4.79 Å². The Kier molecular flexibility index (Phi) is 4.61. The van der Waals surface area contributed by atoms with Crippen molar-refractivity contribution in [3.8, 4) is 5.75 Å². The molecule has 2 rings (SSSR count). The van der Waals surface area contributed by atoms with Crippen molar-refractivity contribution in [1.82, 2.24) is 0 Å². The van der Waals surface area contributed by atoms with Crippen LogP contribution in [0.15, 0.2) is 36.0 Å². The largest absolute Gasteiger partial charge is 0.494 e. The summed E-state index contributed by atoms with van der Waals surface area (Å²) in [6.45, 7) is 4.62. The number of carbonyl (C=O) groups excluding carboxylic acids is 1. The predicted molar refractivity (Wildman–Crippen MR) is 77.3 cm³/mol. The highest BCUT2D eigenvalue weighted by Gasteiger charge is 2.22. The maximum Gasteiger partial charge on any atom is 0.163 e. The van der Waals surface area contributed by atoms with Crippen LogP contribution in [0.5, 0.6) is 5.75 Å². The van der Waals surface area contributed by atoms with Crippen molar-refractivity contribution < 1.29 is 9.53 Å². The van der Waals surface area contributed by atoms with Gasteiger partial charge in [0.15, 0.2) is 5.78 Å². The van der Waals surface area contributed by atoms with Gasteiger partial charge in [0.05, 0.1) is 6.61 Å². The van der Waals surface area contributed by atoms with Gasteiger partial charge in [-0.3, -0.25) is 4.79 Å². The van der Waals surface area contributed by atoms with Crippen molar-refractivity contribution in [2.45, 2.75) is 33.1 Å². The Balaban J connectivity index is 2.04. The number of rotatable bonds is 4. The standard InChI is InChI=1S/C16H21NO2/c1-3-19-15-9-5-8-14(10-15)17-11-13-7-4-6-12(2)16(13)18/h5,8-12,17H,3-4,6-7H2,1-2H3/b13-11+/t12-/m0/s1. The van der Waals surface area contributed by atoms with Gasteiger partial charge in [-0.25, -0.2) is 0 Å². The van der Waals surface area contributed by atoms with Crippen LogP contribution in [-0.4, -0.2) is 12.4 Å². The van der Waals surface area contributed by atoms with Crippen molar-refractivity contribution in [2.24, 2.45) is 5.92 Å². The van der Waals surface area contributed by atoms with Gasteiger partial charge in [-0.15, -0.1) is 0 Å². The number of carbonyl (C=O) groups is 1. The molecule has 0 amide bonds. The summed E-state index contributed by atoms with van der Waals surface area (Å²) in [7, 11) is 0. The first-order valence-corrected chi connectivity index (χ1v) is 6.93. The highest BCUT2D eigenvalue weighted by atomic mass is 16.5. The Morgan fingerprint density at radius 2 is 2.32 bits per heavy atom. The molecule has 3 nitrogen and oxygen atoms in total. The molecule has 1 N–H and O–H groups in total. The minimum Gasteiger partial charge on any atom is -0.494 e. The summed E-state index contributed by atoms with van der Waals surface area (Å²) < 4.78 is 5.45. The smallest absolute Gasteiger partial charge is 0.163 e. The van der Waals surface area contributed by atoms with Crippen LogP contribution in [0.1, 0.15) is 33.1 Å². The van der Waals surface area contributed by atoms with E-state index in [1.165, 1.54) is 0 Å². The fourth-order valence-electron chi connectivity index (χ4n) is 2.33. The molecule has 0 radical (unpaired) electrons. The Bertz CT molecular complexity index is 479. The van der Waals surface area contributed by atoms with Gasteiger partial charge in [-0.1, -0.05) is 13.0 Å². The molecule has 1 aliphatic rings. The maximum atomic E-state index is 12.0. The Labute approximate surface area is 114 Å².